The van der Waals surface area contributed by atoms with Gasteiger partial charge in [0, 0.05) is 30.4 Å². The molecule has 1 unspecified atom stereocenters. The molecule has 0 bridgehead atoms. The number of ether oxygens (including phenoxy) is 2. The lowest BCUT2D eigenvalue weighted by Crippen LogP contribution is -2.29. The van der Waals surface area contributed by atoms with Gasteiger partial charge in [-0.3, -0.25) is 14.4 Å². The highest BCUT2D eigenvalue weighted by atomic mass is 16.6. The first-order chi connectivity index (χ1) is 17.0. The zero-order valence-electron chi connectivity index (χ0n) is 19.2. The number of hydrogen-bond acceptors (Lipinski definition) is 5. The van der Waals surface area contributed by atoms with Gasteiger partial charge in [0.05, 0.1) is 17.2 Å². The van der Waals surface area contributed by atoms with Crippen molar-refractivity contribution in [1.29, 1.82) is 0 Å². The van der Waals surface area contributed by atoms with Gasteiger partial charge in [-0.1, -0.05) is 24.3 Å². The fourth-order valence-corrected chi connectivity index (χ4v) is 4.28. The van der Waals surface area contributed by atoms with Gasteiger partial charge >= 0.3 is 0 Å². The predicted octanol–water partition coefficient (Wildman–Crippen LogP) is 4.01. The fourth-order valence-electron chi connectivity index (χ4n) is 4.28. The molecule has 3 aromatic carbocycles. The summed E-state index contributed by atoms with van der Waals surface area (Å²) in [6, 6.07) is 19.6. The van der Waals surface area contributed by atoms with E-state index in [4.69, 9.17) is 9.47 Å². The molecule has 8 nitrogen and oxygen atoms in total. The average molecular weight is 472 g/mol. The van der Waals surface area contributed by atoms with E-state index in [0.717, 1.165) is 5.56 Å². The topological polar surface area (TPSA) is 97.0 Å². The van der Waals surface area contributed by atoms with E-state index >= 15 is 0 Å². The van der Waals surface area contributed by atoms with Crippen molar-refractivity contribution in [2.45, 2.75) is 13.3 Å². The summed E-state index contributed by atoms with van der Waals surface area (Å²) in [4.78, 5) is 40.3. The average Bonchev–Trinajstić information content (AvgIpc) is 3.26. The van der Waals surface area contributed by atoms with Crippen molar-refractivity contribution in [3.63, 3.8) is 0 Å². The first kappa shape index (κ1) is 22.5. The Labute approximate surface area is 202 Å². The van der Waals surface area contributed by atoms with Crippen LogP contribution >= 0.6 is 0 Å². The molecule has 5 rings (SSSR count). The molecule has 0 saturated carbocycles. The number of benzene rings is 3. The van der Waals surface area contributed by atoms with Crippen molar-refractivity contribution in [2.75, 3.05) is 35.3 Å². The van der Waals surface area contributed by atoms with Gasteiger partial charge in [-0.2, -0.15) is 0 Å². The summed E-state index contributed by atoms with van der Waals surface area (Å²) in [6.45, 7) is 3.12. The van der Waals surface area contributed by atoms with Gasteiger partial charge in [0.2, 0.25) is 11.8 Å². The van der Waals surface area contributed by atoms with Crippen LogP contribution in [0.5, 0.6) is 11.5 Å². The molecule has 2 N–H and O–H groups in total. The van der Waals surface area contributed by atoms with Gasteiger partial charge in [-0.05, 0) is 48.9 Å². The second kappa shape index (κ2) is 9.50. The molecule has 0 aliphatic carbocycles. The van der Waals surface area contributed by atoms with Crippen LogP contribution in [-0.2, 0) is 9.59 Å². The maximum atomic E-state index is 13.1. The smallest absolute Gasteiger partial charge is 0.257 e. The molecule has 3 amide bonds. The van der Waals surface area contributed by atoms with Crippen LogP contribution in [0.25, 0.3) is 0 Å². The zero-order valence-corrected chi connectivity index (χ0v) is 19.2. The minimum Gasteiger partial charge on any atom is -0.486 e. The maximum Gasteiger partial charge on any atom is 0.257 e. The van der Waals surface area contributed by atoms with Crippen LogP contribution in [0.3, 0.4) is 0 Å². The summed E-state index contributed by atoms with van der Waals surface area (Å²) in [7, 11) is 0. The molecule has 8 heteroatoms. The van der Waals surface area contributed by atoms with E-state index in [2.05, 4.69) is 10.6 Å². The summed E-state index contributed by atoms with van der Waals surface area (Å²) < 4.78 is 11.2. The summed E-state index contributed by atoms with van der Waals surface area (Å²) in [5, 5.41) is 5.72. The Morgan fingerprint density at radius 3 is 2.54 bits per heavy atom. The molecular weight excluding hydrogens is 446 g/mol. The van der Waals surface area contributed by atoms with Crippen LogP contribution in [0.2, 0.25) is 0 Å². The van der Waals surface area contributed by atoms with E-state index in [1.807, 2.05) is 31.2 Å². The molecule has 0 spiro atoms. The Hall–Kier alpha value is -4.33. The van der Waals surface area contributed by atoms with Crippen molar-refractivity contribution < 1.29 is 23.9 Å². The molecule has 2 aliphatic rings. The van der Waals surface area contributed by atoms with Crippen LogP contribution in [0.4, 0.5) is 17.1 Å². The van der Waals surface area contributed by atoms with Crippen molar-refractivity contribution in [2.24, 2.45) is 5.92 Å². The SMILES string of the molecule is Cc1cccc(NC(=O)c2ccccc2NC(=O)C2CC(=O)N(c3ccc4c(c3)OCCO4)C2)c1. The standard InChI is InChI=1S/C27H25N3O5/c1-17-5-4-6-19(13-17)28-27(33)21-7-2-3-8-22(21)29-26(32)18-14-25(31)30(16-18)20-9-10-23-24(15-20)35-12-11-34-23/h2-10,13,15,18H,11-12,14,16H2,1H3,(H,28,33)(H,29,32). The first-order valence-electron chi connectivity index (χ1n) is 11.5. The van der Waals surface area contributed by atoms with Gasteiger partial charge in [-0.15, -0.1) is 0 Å². The Kier molecular flexibility index (Phi) is 6.10. The number of nitrogens with one attached hydrogen (secondary N) is 2. The number of para-hydroxylation sites is 1. The highest BCUT2D eigenvalue weighted by molar-refractivity contribution is 6.11. The number of hydrogen-bond donors (Lipinski definition) is 2. The number of rotatable bonds is 5. The first-order valence-corrected chi connectivity index (χ1v) is 11.5. The van der Waals surface area contributed by atoms with Gasteiger partial charge in [0.1, 0.15) is 13.2 Å². The Bertz CT molecular complexity index is 1310. The molecule has 2 heterocycles. The van der Waals surface area contributed by atoms with E-state index in [1.54, 1.807) is 47.4 Å². The van der Waals surface area contributed by atoms with Crippen LogP contribution in [-0.4, -0.2) is 37.5 Å². The molecule has 2 aliphatic heterocycles. The quantitative estimate of drug-likeness (QED) is 0.586. The molecule has 0 aromatic heterocycles. The van der Waals surface area contributed by atoms with Crippen molar-refractivity contribution >= 4 is 34.8 Å². The number of carbonyl (C=O) groups excluding carboxylic acids is 3. The highest BCUT2D eigenvalue weighted by Gasteiger charge is 2.36. The second-order valence-corrected chi connectivity index (χ2v) is 8.59. The lowest BCUT2D eigenvalue weighted by atomic mass is 10.1. The molecule has 178 valence electrons. The number of amides is 3. The molecule has 3 aromatic rings. The Morgan fingerprint density at radius 1 is 0.914 bits per heavy atom. The maximum absolute atomic E-state index is 13.1. The largest absolute Gasteiger partial charge is 0.486 e. The van der Waals surface area contributed by atoms with Crippen LogP contribution in [0.15, 0.2) is 66.7 Å². The minimum absolute atomic E-state index is 0.0813. The Morgan fingerprint density at radius 2 is 1.71 bits per heavy atom. The monoisotopic (exact) mass is 471 g/mol. The normalized spacial score (nSPS) is 16.7. The summed E-state index contributed by atoms with van der Waals surface area (Å²) >= 11 is 0. The molecule has 1 atom stereocenters. The number of carbonyl (C=O) groups is 3. The van der Waals surface area contributed by atoms with Gasteiger partial charge in [0.25, 0.3) is 5.91 Å². The summed E-state index contributed by atoms with van der Waals surface area (Å²) in [5.74, 6) is -0.110. The lowest BCUT2D eigenvalue weighted by molar-refractivity contribution is -0.122. The van der Waals surface area contributed by atoms with Gasteiger partial charge in [-0.25, -0.2) is 0 Å². The number of fused-ring (bicyclic) bond motifs is 1. The van der Waals surface area contributed by atoms with E-state index in [9.17, 15) is 14.4 Å². The number of nitrogens with zero attached hydrogens (tertiary/aromatic N) is 1. The number of anilines is 3. The third kappa shape index (κ3) is 4.82. The van der Waals surface area contributed by atoms with Crippen LogP contribution in [0, 0.1) is 12.8 Å². The lowest BCUT2D eigenvalue weighted by Gasteiger charge is -2.22. The van der Waals surface area contributed by atoms with Crippen molar-refractivity contribution in [1.82, 2.24) is 0 Å². The van der Waals surface area contributed by atoms with E-state index in [-0.39, 0.29) is 30.7 Å². The van der Waals surface area contributed by atoms with Crippen molar-refractivity contribution in [3.05, 3.63) is 77.9 Å². The zero-order chi connectivity index (χ0) is 24.4. The van der Waals surface area contributed by atoms with Gasteiger partial charge in [0.15, 0.2) is 11.5 Å². The third-order valence-corrected chi connectivity index (χ3v) is 6.04. The predicted molar refractivity (Wildman–Crippen MR) is 132 cm³/mol. The van der Waals surface area contributed by atoms with Crippen LogP contribution in [0.1, 0.15) is 22.3 Å². The fraction of sp³-hybridized carbons (Fsp3) is 0.222. The second-order valence-electron chi connectivity index (χ2n) is 8.59. The van der Waals surface area contributed by atoms with E-state index in [1.165, 1.54) is 0 Å². The van der Waals surface area contributed by atoms with Crippen molar-refractivity contribution in [3.8, 4) is 11.5 Å². The van der Waals surface area contributed by atoms with E-state index in [0.29, 0.717) is 47.3 Å². The summed E-state index contributed by atoms with van der Waals surface area (Å²) in [5.41, 5.74) is 3.10. The molecular formula is C27H25N3O5. The molecule has 1 saturated heterocycles. The van der Waals surface area contributed by atoms with Crippen LogP contribution < -0.4 is 25.0 Å². The number of aryl methyl sites for hydroxylation is 1. The Balaban J connectivity index is 1.28. The minimum atomic E-state index is -0.552. The third-order valence-electron chi connectivity index (χ3n) is 6.04. The van der Waals surface area contributed by atoms with Gasteiger partial charge < -0.3 is 25.0 Å². The molecule has 35 heavy (non-hydrogen) atoms. The molecule has 1 fully saturated rings. The van der Waals surface area contributed by atoms with E-state index < -0.39 is 5.92 Å². The molecule has 0 radical (unpaired) electrons. The highest BCUT2D eigenvalue weighted by Crippen LogP contribution is 2.36. The summed E-state index contributed by atoms with van der Waals surface area (Å²) in [6.07, 6.45) is 0.0813.